The average molecular weight is 399 g/mol. The van der Waals surface area contributed by atoms with Crippen LogP contribution in [0.4, 0.5) is 0 Å². The molecule has 0 radical (unpaired) electrons. The zero-order valence-corrected chi connectivity index (χ0v) is 16.9. The Balaban J connectivity index is 2.07. The number of aliphatic hydroxyl groups excluding tert-OH is 1. The lowest BCUT2D eigenvalue weighted by Crippen LogP contribution is -2.52. The molecule has 2 atom stereocenters. The minimum absolute atomic E-state index is 0.0452. The number of benzene rings is 1. The Morgan fingerprint density at radius 3 is 2.48 bits per heavy atom. The predicted molar refractivity (Wildman–Crippen MR) is 111 cm³/mol. The van der Waals surface area contributed by atoms with Gasteiger partial charge in [0, 0.05) is 31.1 Å². The largest absolute Gasteiger partial charge is 0.381 e. The molecule has 2 amide bonds. The van der Waals surface area contributed by atoms with Crippen LogP contribution in [0.3, 0.4) is 0 Å². The molecule has 0 aliphatic carbocycles. The highest BCUT2D eigenvalue weighted by Crippen LogP contribution is 2.07. The maximum atomic E-state index is 12.5. The van der Waals surface area contributed by atoms with Crippen LogP contribution in [0.25, 0.3) is 0 Å². The quantitative estimate of drug-likeness (QED) is 0.485. The summed E-state index contributed by atoms with van der Waals surface area (Å²) in [6.45, 7) is 4.29. The molecule has 7 nitrogen and oxygen atoms in total. The lowest BCUT2D eigenvalue weighted by atomic mass is 10.0. The van der Waals surface area contributed by atoms with E-state index in [1.54, 1.807) is 12.1 Å². The fourth-order valence-electron chi connectivity index (χ4n) is 2.87. The molecular weight excluding hydrogens is 370 g/mol. The van der Waals surface area contributed by atoms with Crippen LogP contribution in [-0.2, 0) is 22.6 Å². The smallest absolute Gasteiger partial charge is 0.251 e. The fourth-order valence-corrected chi connectivity index (χ4v) is 2.87. The summed E-state index contributed by atoms with van der Waals surface area (Å²) in [6, 6.07) is 11.7. The van der Waals surface area contributed by atoms with Gasteiger partial charge in [-0.2, -0.15) is 0 Å². The molecule has 1 unspecified atom stereocenters. The van der Waals surface area contributed by atoms with Gasteiger partial charge in [-0.3, -0.25) is 14.4 Å². The first-order valence-corrected chi connectivity index (χ1v) is 9.82. The van der Waals surface area contributed by atoms with Gasteiger partial charge < -0.3 is 20.7 Å². The number of rotatable bonds is 10. The maximum absolute atomic E-state index is 12.5. The Kier molecular flexibility index (Phi) is 8.61. The molecule has 29 heavy (non-hydrogen) atoms. The molecule has 0 aliphatic heterocycles. The van der Waals surface area contributed by atoms with Gasteiger partial charge in [-0.1, -0.05) is 50.2 Å². The zero-order chi connectivity index (χ0) is 21.2. The number of hydrogen-bond acceptors (Lipinski definition) is 4. The van der Waals surface area contributed by atoms with Gasteiger partial charge in [-0.15, -0.1) is 0 Å². The van der Waals surface area contributed by atoms with Crippen LogP contribution < -0.4 is 16.2 Å². The van der Waals surface area contributed by atoms with Crippen LogP contribution in [0.1, 0.15) is 37.8 Å². The first-order chi connectivity index (χ1) is 13.9. The fraction of sp³-hybridized carbons (Fsp3) is 0.409. The van der Waals surface area contributed by atoms with Crippen molar-refractivity contribution in [3.05, 3.63) is 70.1 Å². The number of aliphatic hydroxyl groups is 1. The second-order valence-electron chi connectivity index (χ2n) is 7.48. The highest BCUT2D eigenvalue weighted by molar-refractivity contribution is 5.83. The van der Waals surface area contributed by atoms with E-state index >= 15 is 0 Å². The van der Waals surface area contributed by atoms with Crippen molar-refractivity contribution in [1.82, 2.24) is 15.6 Å². The number of H-pyrrole nitrogens is 1. The third kappa shape index (κ3) is 7.54. The van der Waals surface area contributed by atoms with E-state index in [1.165, 1.54) is 6.20 Å². The Bertz CT molecular complexity index is 848. The van der Waals surface area contributed by atoms with Crippen molar-refractivity contribution in [3.8, 4) is 0 Å². The molecule has 0 saturated carbocycles. The molecule has 4 N–H and O–H groups in total. The van der Waals surface area contributed by atoms with E-state index in [0.29, 0.717) is 17.9 Å². The monoisotopic (exact) mass is 399 g/mol. The second kappa shape index (κ2) is 11.2. The molecule has 1 aromatic heterocycles. The number of hydrogen-bond donors (Lipinski definition) is 4. The average Bonchev–Trinajstić information content (AvgIpc) is 2.71. The first kappa shape index (κ1) is 22.4. The van der Waals surface area contributed by atoms with Crippen LogP contribution in [-0.4, -0.2) is 34.1 Å². The van der Waals surface area contributed by atoms with E-state index in [-0.39, 0.29) is 30.9 Å². The minimum atomic E-state index is -1.48. The number of amides is 2. The van der Waals surface area contributed by atoms with Crippen molar-refractivity contribution in [2.24, 2.45) is 5.92 Å². The summed E-state index contributed by atoms with van der Waals surface area (Å²) in [7, 11) is 0. The molecule has 0 bridgehead atoms. The molecule has 0 aliphatic rings. The van der Waals surface area contributed by atoms with Crippen molar-refractivity contribution in [3.63, 3.8) is 0 Å². The van der Waals surface area contributed by atoms with Gasteiger partial charge in [-0.05, 0) is 24.0 Å². The molecular formula is C22H29N3O4. The van der Waals surface area contributed by atoms with Gasteiger partial charge in [0.2, 0.25) is 5.91 Å². The normalized spacial score (nSPS) is 13.0. The van der Waals surface area contributed by atoms with Crippen molar-refractivity contribution in [2.75, 3.05) is 0 Å². The molecule has 7 heteroatoms. The minimum Gasteiger partial charge on any atom is -0.381 e. The predicted octanol–water partition coefficient (Wildman–Crippen LogP) is 1.52. The van der Waals surface area contributed by atoms with Crippen molar-refractivity contribution < 1.29 is 14.7 Å². The summed E-state index contributed by atoms with van der Waals surface area (Å²) in [5.74, 6) is -0.503. The summed E-state index contributed by atoms with van der Waals surface area (Å²) < 4.78 is 0. The topological polar surface area (TPSA) is 111 Å². The molecule has 2 rings (SSSR count). The van der Waals surface area contributed by atoms with Crippen LogP contribution >= 0.6 is 0 Å². The Hall–Kier alpha value is -2.93. The highest BCUT2D eigenvalue weighted by atomic mass is 16.3. The number of aromatic amines is 1. The molecule has 0 saturated heterocycles. The van der Waals surface area contributed by atoms with E-state index in [9.17, 15) is 19.5 Å². The Morgan fingerprint density at radius 1 is 1.10 bits per heavy atom. The van der Waals surface area contributed by atoms with E-state index in [1.807, 2.05) is 44.2 Å². The highest BCUT2D eigenvalue weighted by Gasteiger charge is 2.28. The standard InChI is InChI=1S/C22H29N3O4/c1-15(2)10-11-19(26)25-18(13-17-9-6-12-23-21(17)28)20(27)22(29)24-14-16-7-4-3-5-8-16/h3-9,12,15,18,20,27H,10-11,13-14H2,1-2H3,(H,23,28)(H,24,29)(H,25,26)/t18-,20?/m0/s1. The van der Waals surface area contributed by atoms with Gasteiger partial charge in [0.1, 0.15) is 0 Å². The third-order valence-corrected chi connectivity index (χ3v) is 4.59. The van der Waals surface area contributed by atoms with E-state index in [0.717, 1.165) is 5.56 Å². The number of carbonyl (C=O) groups excluding carboxylic acids is 2. The molecule has 2 aromatic rings. The molecule has 156 valence electrons. The van der Waals surface area contributed by atoms with Crippen LogP contribution in [0.5, 0.6) is 0 Å². The van der Waals surface area contributed by atoms with E-state index in [2.05, 4.69) is 15.6 Å². The third-order valence-electron chi connectivity index (χ3n) is 4.59. The number of nitrogens with one attached hydrogen (secondary N) is 3. The lowest BCUT2D eigenvalue weighted by molar-refractivity contribution is -0.132. The van der Waals surface area contributed by atoms with Crippen LogP contribution in [0.2, 0.25) is 0 Å². The van der Waals surface area contributed by atoms with Crippen molar-refractivity contribution in [1.29, 1.82) is 0 Å². The molecule has 1 heterocycles. The maximum Gasteiger partial charge on any atom is 0.251 e. The Labute approximate surface area is 170 Å². The summed E-state index contributed by atoms with van der Waals surface area (Å²) in [5.41, 5.74) is 0.965. The van der Waals surface area contributed by atoms with Crippen molar-refractivity contribution in [2.45, 2.75) is 51.8 Å². The molecule has 1 aromatic carbocycles. The van der Waals surface area contributed by atoms with E-state index < -0.39 is 18.1 Å². The summed E-state index contributed by atoms with van der Waals surface area (Å²) in [4.78, 5) is 39.4. The van der Waals surface area contributed by atoms with Gasteiger partial charge in [0.15, 0.2) is 6.10 Å². The van der Waals surface area contributed by atoms with Gasteiger partial charge in [-0.25, -0.2) is 0 Å². The number of aromatic nitrogens is 1. The van der Waals surface area contributed by atoms with Gasteiger partial charge >= 0.3 is 0 Å². The van der Waals surface area contributed by atoms with Gasteiger partial charge in [0.05, 0.1) is 6.04 Å². The first-order valence-electron chi connectivity index (χ1n) is 9.82. The number of pyridine rings is 1. The number of carbonyl (C=O) groups is 2. The lowest BCUT2D eigenvalue weighted by Gasteiger charge is -2.24. The summed E-state index contributed by atoms with van der Waals surface area (Å²) in [5, 5.41) is 16.0. The van der Waals surface area contributed by atoms with E-state index in [4.69, 9.17) is 0 Å². The van der Waals surface area contributed by atoms with Crippen LogP contribution in [0, 0.1) is 5.92 Å². The summed E-state index contributed by atoms with van der Waals surface area (Å²) >= 11 is 0. The molecule has 0 fully saturated rings. The van der Waals surface area contributed by atoms with Gasteiger partial charge in [0.25, 0.3) is 11.5 Å². The molecule has 0 spiro atoms. The van der Waals surface area contributed by atoms with Crippen LogP contribution in [0.15, 0.2) is 53.5 Å². The SMILES string of the molecule is CC(C)CCC(=O)N[C@@H](Cc1ccc[nH]c1=O)C(O)C(=O)NCc1ccccc1. The second-order valence-corrected chi connectivity index (χ2v) is 7.48. The Morgan fingerprint density at radius 2 is 1.83 bits per heavy atom. The zero-order valence-electron chi connectivity index (χ0n) is 16.9. The summed E-state index contributed by atoms with van der Waals surface area (Å²) in [6.07, 6.45) is 1.05. The van der Waals surface area contributed by atoms with Crippen molar-refractivity contribution >= 4 is 11.8 Å².